The highest BCUT2D eigenvalue weighted by Gasteiger charge is 2.10. The Hall–Kier alpha value is -2.30. The van der Waals surface area contributed by atoms with Crippen LogP contribution in [0.25, 0.3) is 0 Å². The molecule has 0 spiro atoms. The van der Waals surface area contributed by atoms with Crippen molar-refractivity contribution in [2.24, 2.45) is 0 Å². The van der Waals surface area contributed by atoms with E-state index in [0.29, 0.717) is 5.76 Å². The number of aromatic hydroxyl groups is 1. The van der Waals surface area contributed by atoms with Gasteiger partial charge in [0.15, 0.2) is 0 Å². The Balaban J connectivity index is 2.01. The lowest BCUT2D eigenvalue weighted by Gasteiger charge is -2.04. The van der Waals surface area contributed by atoms with Gasteiger partial charge in [-0.1, -0.05) is 0 Å². The fourth-order valence-electron chi connectivity index (χ4n) is 1.25. The third kappa shape index (κ3) is 2.20. The van der Waals surface area contributed by atoms with Crippen LogP contribution in [0, 0.1) is 0 Å². The smallest absolute Gasteiger partial charge is 0.255 e. The summed E-state index contributed by atoms with van der Waals surface area (Å²) in [6, 6.07) is 4.95. The minimum Gasteiger partial charge on any atom is -0.505 e. The predicted octanol–water partition coefficient (Wildman–Crippen LogP) is 1.31. The summed E-state index contributed by atoms with van der Waals surface area (Å²) >= 11 is 0. The highest BCUT2D eigenvalue weighted by Crippen LogP contribution is 2.13. The first kappa shape index (κ1) is 10.2. The number of hydrogen-bond acceptors (Lipinski definition) is 4. The van der Waals surface area contributed by atoms with Gasteiger partial charge in [0.2, 0.25) is 0 Å². The van der Waals surface area contributed by atoms with Crippen LogP contribution < -0.4 is 5.32 Å². The zero-order chi connectivity index (χ0) is 11.4. The van der Waals surface area contributed by atoms with Crippen LogP contribution in [0.15, 0.2) is 41.3 Å². The molecule has 16 heavy (non-hydrogen) atoms. The van der Waals surface area contributed by atoms with E-state index in [4.69, 9.17) is 4.42 Å². The molecular formula is C11H10N2O3. The van der Waals surface area contributed by atoms with E-state index < -0.39 is 0 Å². The first-order valence-corrected chi connectivity index (χ1v) is 4.71. The largest absolute Gasteiger partial charge is 0.505 e. The van der Waals surface area contributed by atoms with E-state index in [2.05, 4.69) is 10.3 Å². The fraction of sp³-hybridized carbons (Fsp3) is 0.0909. The third-order valence-corrected chi connectivity index (χ3v) is 2.05. The summed E-state index contributed by atoms with van der Waals surface area (Å²) in [5, 5.41) is 12.0. The Morgan fingerprint density at radius 1 is 1.50 bits per heavy atom. The van der Waals surface area contributed by atoms with E-state index >= 15 is 0 Å². The highest BCUT2D eigenvalue weighted by molar-refractivity contribution is 5.96. The van der Waals surface area contributed by atoms with E-state index in [1.807, 2.05) is 0 Å². The monoisotopic (exact) mass is 218 g/mol. The van der Waals surface area contributed by atoms with Gasteiger partial charge in [-0.15, -0.1) is 0 Å². The molecule has 2 aromatic heterocycles. The van der Waals surface area contributed by atoms with Gasteiger partial charge in [0.25, 0.3) is 5.91 Å². The summed E-state index contributed by atoms with van der Waals surface area (Å²) in [7, 11) is 0. The second-order valence-corrected chi connectivity index (χ2v) is 3.15. The van der Waals surface area contributed by atoms with Crippen LogP contribution >= 0.6 is 0 Å². The molecule has 2 rings (SSSR count). The molecule has 0 unspecified atom stereocenters. The summed E-state index contributed by atoms with van der Waals surface area (Å²) < 4.78 is 5.06. The molecule has 2 heterocycles. The summed E-state index contributed by atoms with van der Waals surface area (Å²) in [5.74, 6) is 0.151. The van der Waals surface area contributed by atoms with Gasteiger partial charge >= 0.3 is 0 Å². The summed E-state index contributed by atoms with van der Waals surface area (Å²) in [6.45, 7) is 0.285. The van der Waals surface area contributed by atoms with Gasteiger partial charge in [-0.25, -0.2) is 0 Å². The zero-order valence-electron chi connectivity index (χ0n) is 8.38. The predicted molar refractivity (Wildman–Crippen MR) is 55.8 cm³/mol. The van der Waals surface area contributed by atoms with Gasteiger partial charge in [-0.3, -0.25) is 9.78 Å². The second kappa shape index (κ2) is 4.48. The molecule has 2 N–H and O–H groups in total. The lowest BCUT2D eigenvalue weighted by atomic mass is 10.2. The third-order valence-electron chi connectivity index (χ3n) is 2.05. The van der Waals surface area contributed by atoms with E-state index in [9.17, 15) is 9.90 Å². The number of hydrogen-bond donors (Lipinski definition) is 2. The minimum absolute atomic E-state index is 0.139. The molecule has 0 aliphatic carbocycles. The van der Waals surface area contributed by atoms with Crippen LogP contribution in [0.2, 0.25) is 0 Å². The van der Waals surface area contributed by atoms with Gasteiger partial charge in [-0.05, 0) is 18.2 Å². The van der Waals surface area contributed by atoms with Crippen molar-refractivity contribution >= 4 is 5.91 Å². The van der Waals surface area contributed by atoms with Gasteiger partial charge in [0, 0.05) is 6.20 Å². The van der Waals surface area contributed by atoms with Crippen molar-refractivity contribution in [2.75, 3.05) is 0 Å². The highest BCUT2D eigenvalue weighted by atomic mass is 16.3. The molecule has 5 heteroatoms. The van der Waals surface area contributed by atoms with Gasteiger partial charge in [0.05, 0.1) is 24.6 Å². The topological polar surface area (TPSA) is 75.4 Å². The van der Waals surface area contributed by atoms with Crippen molar-refractivity contribution in [1.82, 2.24) is 10.3 Å². The Labute approximate surface area is 91.7 Å². The van der Waals surface area contributed by atoms with Crippen LogP contribution in [0.5, 0.6) is 5.75 Å². The van der Waals surface area contributed by atoms with Crippen LogP contribution in [0.3, 0.4) is 0 Å². The number of aromatic nitrogens is 1. The summed E-state index contributed by atoms with van der Waals surface area (Å²) in [4.78, 5) is 15.3. The maximum Gasteiger partial charge on any atom is 0.255 e. The molecule has 2 aromatic rings. The number of amides is 1. The average Bonchev–Trinajstić information content (AvgIpc) is 2.79. The Kier molecular flexibility index (Phi) is 2.86. The summed E-state index contributed by atoms with van der Waals surface area (Å²) in [5.41, 5.74) is 0.196. The molecule has 0 radical (unpaired) electrons. The first-order chi connectivity index (χ1) is 7.77. The normalized spacial score (nSPS) is 10.0. The molecule has 0 aliphatic heterocycles. The standard InChI is InChI=1S/C11H10N2O3/c14-10-7-12-4-3-9(10)11(15)13-6-8-2-1-5-16-8/h1-5,7,14H,6H2,(H,13,15). The fourth-order valence-corrected chi connectivity index (χ4v) is 1.25. The second-order valence-electron chi connectivity index (χ2n) is 3.15. The summed E-state index contributed by atoms with van der Waals surface area (Å²) in [6.07, 6.45) is 4.20. The number of rotatable bonds is 3. The van der Waals surface area contributed by atoms with Crippen molar-refractivity contribution in [1.29, 1.82) is 0 Å². The van der Waals surface area contributed by atoms with E-state index in [1.54, 1.807) is 12.1 Å². The Morgan fingerprint density at radius 3 is 3.06 bits per heavy atom. The lowest BCUT2D eigenvalue weighted by Crippen LogP contribution is -2.22. The molecule has 0 bridgehead atoms. The number of carbonyl (C=O) groups is 1. The molecule has 0 saturated carbocycles. The Bertz CT molecular complexity index is 480. The first-order valence-electron chi connectivity index (χ1n) is 4.71. The van der Waals surface area contributed by atoms with Crippen LogP contribution in [-0.2, 0) is 6.54 Å². The lowest BCUT2D eigenvalue weighted by molar-refractivity contribution is 0.0945. The van der Waals surface area contributed by atoms with Crippen LogP contribution in [0.1, 0.15) is 16.1 Å². The average molecular weight is 218 g/mol. The molecular weight excluding hydrogens is 208 g/mol. The SMILES string of the molecule is O=C(NCc1ccco1)c1ccncc1O. The van der Waals surface area contributed by atoms with E-state index in [-0.39, 0.29) is 23.8 Å². The van der Waals surface area contributed by atoms with Crippen LogP contribution in [-0.4, -0.2) is 16.0 Å². The molecule has 0 aliphatic rings. The molecule has 5 nitrogen and oxygen atoms in total. The Morgan fingerprint density at radius 2 is 2.38 bits per heavy atom. The number of nitrogens with zero attached hydrogens (tertiary/aromatic N) is 1. The van der Waals surface area contributed by atoms with Crippen molar-refractivity contribution in [3.05, 3.63) is 48.2 Å². The van der Waals surface area contributed by atoms with Crippen molar-refractivity contribution < 1.29 is 14.3 Å². The quantitative estimate of drug-likeness (QED) is 0.814. The maximum absolute atomic E-state index is 11.6. The molecule has 1 amide bonds. The van der Waals surface area contributed by atoms with Crippen molar-refractivity contribution in [3.8, 4) is 5.75 Å². The maximum atomic E-state index is 11.6. The van der Waals surface area contributed by atoms with E-state index in [0.717, 1.165) is 0 Å². The number of furan rings is 1. The molecule has 82 valence electrons. The van der Waals surface area contributed by atoms with Crippen LogP contribution in [0.4, 0.5) is 0 Å². The van der Waals surface area contributed by atoms with Gasteiger partial charge < -0.3 is 14.8 Å². The molecule has 0 atom stereocenters. The van der Waals surface area contributed by atoms with E-state index in [1.165, 1.54) is 24.7 Å². The number of carbonyl (C=O) groups excluding carboxylic acids is 1. The minimum atomic E-state index is -0.365. The zero-order valence-corrected chi connectivity index (χ0v) is 8.38. The molecule has 0 aromatic carbocycles. The van der Waals surface area contributed by atoms with Crippen molar-refractivity contribution in [2.45, 2.75) is 6.54 Å². The van der Waals surface area contributed by atoms with Crippen molar-refractivity contribution in [3.63, 3.8) is 0 Å². The number of pyridine rings is 1. The number of nitrogens with one attached hydrogen (secondary N) is 1. The van der Waals surface area contributed by atoms with Gasteiger partial charge in [-0.2, -0.15) is 0 Å². The molecule has 0 fully saturated rings. The van der Waals surface area contributed by atoms with Gasteiger partial charge in [0.1, 0.15) is 11.5 Å². The molecule has 0 saturated heterocycles.